The van der Waals surface area contributed by atoms with Crippen molar-refractivity contribution >= 4 is 28.9 Å². The van der Waals surface area contributed by atoms with Crippen molar-refractivity contribution in [2.75, 3.05) is 5.32 Å². The largest absolute Gasteiger partial charge is 0.382 e. The molecule has 0 bridgehead atoms. The zero-order valence-electron chi connectivity index (χ0n) is 8.48. The summed E-state index contributed by atoms with van der Waals surface area (Å²) >= 11 is 11.8. The second-order valence-corrected chi connectivity index (χ2v) is 4.19. The van der Waals surface area contributed by atoms with E-state index >= 15 is 0 Å². The number of benzene rings is 1. The Balaban J connectivity index is 2.75. The van der Waals surface area contributed by atoms with Gasteiger partial charge in [-0.1, -0.05) is 37.0 Å². The maximum absolute atomic E-state index is 5.90. The van der Waals surface area contributed by atoms with Crippen LogP contribution in [0.2, 0.25) is 10.0 Å². The molecule has 0 spiro atoms. The summed E-state index contributed by atoms with van der Waals surface area (Å²) in [6, 6.07) is 6.02. The quantitative estimate of drug-likeness (QED) is 0.800. The SMILES string of the molecule is CCC(CC)Nc1cc(Cl)cc(Cl)c1. The van der Waals surface area contributed by atoms with Crippen LogP contribution in [0.3, 0.4) is 0 Å². The third kappa shape index (κ3) is 3.39. The first-order valence-electron chi connectivity index (χ1n) is 4.88. The maximum atomic E-state index is 5.90. The molecule has 0 amide bonds. The van der Waals surface area contributed by atoms with Gasteiger partial charge in [-0.05, 0) is 31.0 Å². The van der Waals surface area contributed by atoms with Gasteiger partial charge in [0.05, 0.1) is 0 Å². The molecule has 0 aliphatic carbocycles. The molecule has 0 unspecified atom stereocenters. The van der Waals surface area contributed by atoms with Gasteiger partial charge in [0.15, 0.2) is 0 Å². The molecule has 78 valence electrons. The van der Waals surface area contributed by atoms with Crippen molar-refractivity contribution in [3.8, 4) is 0 Å². The van der Waals surface area contributed by atoms with Crippen LogP contribution < -0.4 is 5.32 Å². The molecule has 1 aromatic rings. The number of nitrogens with one attached hydrogen (secondary N) is 1. The van der Waals surface area contributed by atoms with Gasteiger partial charge in [0.2, 0.25) is 0 Å². The molecule has 1 nitrogen and oxygen atoms in total. The summed E-state index contributed by atoms with van der Waals surface area (Å²) in [6.45, 7) is 4.32. The molecule has 0 radical (unpaired) electrons. The first kappa shape index (κ1) is 11.7. The number of hydrogen-bond donors (Lipinski definition) is 1. The van der Waals surface area contributed by atoms with E-state index in [0.29, 0.717) is 16.1 Å². The van der Waals surface area contributed by atoms with Crippen molar-refractivity contribution in [3.05, 3.63) is 28.2 Å². The van der Waals surface area contributed by atoms with Crippen molar-refractivity contribution in [1.82, 2.24) is 0 Å². The van der Waals surface area contributed by atoms with E-state index in [4.69, 9.17) is 23.2 Å². The van der Waals surface area contributed by atoms with Crippen LogP contribution >= 0.6 is 23.2 Å². The molecule has 14 heavy (non-hydrogen) atoms. The van der Waals surface area contributed by atoms with E-state index in [1.54, 1.807) is 6.07 Å². The van der Waals surface area contributed by atoms with Gasteiger partial charge in [-0.3, -0.25) is 0 Å². The van der Waals surface area contributed by atoms with Crippen molar-refractivity contribution < 1.29 is 0 Å². The number of halogens is 2. The van der Waals surface area contributed by atoms with Gasteiger partial charge in [0, 0.05) is 21.8 Å². The molecule has 1 aromatic carbocycles. The number of hydrogen-bond acceptors (Lipinski definition) is 1. The highest BCUT2D eigenvalue weighted by Crippen LogP contribution is 2.23. The Labute approximate surface area is 95.4 Å². The number of anilines is 1. The summed E-state index contributed by atoms with van der Waals surface area (Å²) in [5, 5.41) is 4.74. The van der Waals surface area contributed by atoms with Crippen LogP contribution in [-0.4, -0.2) is 6.04 Å². The average molecular weight is 232 g/mol. The van der Waals surface area contributed by atoms with Crippen molar-refractivity contribution in [2.45, 2.75) is 32.7 Å². The van der Waals surface area contributed by atoms with E-state index in [9.17, 15) is 0 Å². The summed E-state index contributed by atoms with van der Waals surface area (Å²) in [6.07, 6.45) is 2.20. The molecule has 1 N–H and O–H groups in total. The minimum Gasteiger partial charge on any atom is -0.382 e. The summed E-state index contributed by atoms with van der Waals surface area (Å²) in [7, 11) is 0. The smallest absolute Gasteiger partial charge is 0.0441 e. The first-order chi connectivity index (χ1) is 6.65. The van der Waals surface area contributed by atoms with Crippen LogP contribution in [0.25, 0.3) is 0 Å². The Morgan fingerprint density at radius 2 is 1.57 bits per heavy atom. The van der Waals surface area contributed by atoms with E-state index in [-0.39, 0.29) is 0 Å². The number of rotatable bonds is 4. The molecular formula is C11H15Cl2N. The van der Waals surface area contributed by atoms with Crippen LogP contribution in [0, 0.1) is 0 Å². The average Bonchev–Trinajstić information content (AvgIpc) is 2.12. The van der Waals surface area contributed by atoms with E-state index in [2.05, 4.69) is 19.2 Å². The van der Waals surface area contributed by atoms with E-state index in [1.807, 2.05) is 12.1 Å². The third-order valence-electron chi connectivity index (χ3n) is 2.22. The second-order valence-electron chi connectivity index (χ2n) is 3.32. The zero-order chi connectivity index (χ0) is 10.6. The molecule has 0 aromatic heterocycles. The summed E-state index contributed by atoms with van der Waals surface area (Å²) in [5.41, 5.74) is 0.996. The van der Waals surface area contributed by atoms with Gasteiger partial charge >= 0.3 is 0 Å². The molecule has 0 heterocycles. The molecule has 0 atom stereocenters. The normalized spacial score (nSPS) is 10.6. The molecule has 0 aliphatic rings. The van der Waals surface area contributed by atoms with Crippen molar-refractivity contribution in [3.63, 3.8) is 0 Å². The Bertz CT molecular complexity index is 275. The van der Waals surface area contributed by atoms with Crippen LogP contribution in [0.4, 0.5) is 5.69 Å². The Morgan fingerprint density at radius 1 is 1.07 bits per heavy atom. The van der Waals surface area contributed by atoms with Crippen molar-refractivity contribution in [1.29, 1.82) is 0 Å². The molecule has 0 saturated heterocycles. The van der Waals surface area contributed by atoms with Gasteiger partial charge in [-0.15, -0.1) is 0 Å². The lowest BCUT2D eigenvalue weighted by molar-refractivity contribution is 0.672. The first-order valence-corrected chi connectivity index (χ1v) is 5.64. The molecular weight excluding hydrogens is 217 g/mol. The Morgan fingerprint density at radius 3 is 2.00 bits per heavy atom. The van der Waals surface area contributed by atoms with Gasteiger partial charge in [-0.25, -0.2) is 0 Å². The lowest BCUT2D eigenvalue weighted by atomic mass is 10.1. The fourth-order valence-electron chi connectivity index (χ4n) is 1.37. The highest BCUT2D eigenvalue weighted by atomic mass is 35.5. The maximum Gasteiger partial charge on any atom is 0.0441 e. The van der Waals surface area contributed by atoms with Crippen molar-refractivity contribution in [2.24, 2.45) is 0 Å². The van der Waals surface area contributed by atoms with Crippen LogP contribution in [0.1, 0.15) is 26.7 Å². The monoisotopic (exact) mass is 231 g/mol. The fourth-order valence-corrected chi connectivity index (χ4v) is 1.89. The molecule has 0 aliphatic heterocycles. The van der Waals surface area contributed by atoms with Crippen LogP contribution in [-0.2, 0) is 0 Å². The Hall–Kier alpha value is -0.400. The van der Waals surface area contributed by atoms with Gasteiger partial charge in [0.1, 0.15) is 0 Å². The van der Waals surface area contributed by atoms with Gasteiger partial charge < -0.3 is 5.32 Å². The predicted molar refractivity (Wildman–Crippen MR) is 64.5 cm³/mol. The lowest BCUT2D eigenvalue weighted by Gasteiger charge is -2.16. The summed E-state index contributed by atoms with van der Waals surface area (Å²) in [5.74, 6) is 0. The highest BCUT2D eigenvalue weighted by Gasteiger charge is 2.04. The highest BCUT2D eigenvalue weighted by molar-refractivity contribution is 6.35. The summed E-state index contributed by atoms with van der Waals surface area (Å²) < 4.78 is 0. The second kappa shape index (κ2) is 5.47. The van der Waals surface area contributed by atoms with E-state index in [1.165, 1.54) is 0 Å². The fraction of sp³-hybridized carbons (Fsp3) is 0.455. The standard InChI is InChI=1S/C11H15Cl2N/c1-3-10(4-2)14-11-6-8(12)5-9(13)7-11/h5-7,10,14H,3-4H2,1-2H3. The minimum atomic E-state index is 0.490. The summed E-state index contributed by atoms with van der Waals surface area (Å²) in [4.78, 5) is 0. The topological polar surface area (TPSA) is 12.0 Å². The van der Waals surface area contributed by atoms with E-state index in [0.717, 1.165) is 18.5 Å². The molecule has 3 heteroatoms. The molecule has 0 fully saturated rings. The zero-order valence-corrected chi connectivity index (χ0v) is 9.99. The third-order valence-corrected chi connectivity index (χ3v) is 2.66. The predicted octanol–water partition coefficient (Wildman–Crippen LogP) is 4.59. The van der Waals surface area contributed by atoms with Gasteiger partial charge in [0.25, 0.3) is 0 Å². The van der Waals surface area contributed by atoms with Gasteiger partial charge in [-0.2, -0.15) is 0 Å². The molecule has 0 saturated carbocycles. The molecule has 1 rings (SSSR count). The lowest BCUT2D eigenvalue weighted by Crippen LogP contribution is -2.16. The van der Waals surface area contributed by atoms with E-state index < -0.39 is 0 Å². The Kier molecular flexibility index (Phi) is 4.56. The minimum absolute atomic E-state index is 0.490. The van der Waals surface area contributed by atoms with Crippen LogP contribution in [0.15, 0.2) is 18.2 Å². The van der Waals surface area contributed by atoms with Crippen LogP contribution in [0.5, 0.6) is 0 Å².